The molecule has 0 radical (unpaired) electrons. The molecule has 2 rings (SSSR count). The van der Waals surface area contributed by atoms with E-state index in [-0.39, 0.29) is 11.9 Å². The Kier molecular flexibility index (Phi) is 5.04. The molecular formula is C17H17F2NO. The van der Waals surface area contributed by atoms with E-state index in [9.17, 15) is 13.6 Å². The third kappa shape index (κ3) is 4.38. The van der Waals surface area contributed by atoms with Gasteiger partial charge in [-0.1, -0.05) is 36.4 Å². The predicted molar refractivity (Wildman–Crippen MR) is 77.7 cm³/mol. The van der Waals surface area contributed by atoms with Crippen LogP contribution in [0.1, 0.15) is 30.5 Å². The van der Waals surface area contributed by atoms with Crippen LogP contribution in [0.3, 0.4) is 0 Å². The molecule has 110 valence electrons. The summed E-state index contributed by atoms with van der Waals surface area (Å²) in [6.07, 6.45) is 1.01. The largest absolute Gasteiger partial charge is 0.350 e. The summed E-state index contributed by atoms with van der Waals surface area (Å²) < 4.78 is 26.0. The van der Waals surface area contributed by atoms with Crippen LogP contribution in [0.25, 0.3) is 0 Å². The molecular weight excluding hydrogens is 272 g/mol. The summed E-state index contributed by atoms with van der Waals surface area (Å²) in [5, 5.41) is 2.79. The number of rotatable bonds is 5. The molecule has 0 aromatic heterocycles. The van der Waals surface area contributed by atoms with E-state index in [1.165, 1.54) is 6.07 Å². The molecule has 0 heterocycles. The maximum Gasteiger partial charge on any atom is 0.220 e. The molecule has 21 heavy (non-hydrogen) atoms. The lowest BCUT2D eigenvalue weighted by Crippen LogP contribution is -2.26. The molecule has 0 aliphatic rings. The van der Waals surface area contributed by atoms with Gasteiger partial charge in [0.05, 0.1) is 6.04 Å². The van der Waals surface area contributed by atoms with E-state index in [0.717, 1.165) is 17.7 Å². The standard InChI is InChI=1S/C17H17F2NO/c1-12(14-8-9-15(18)16(19)11-14)20-17(21)10-7-13-5-3-2-4-6-13/h2-6,8-9,11-12H,7,10H2,1H3,(H,20,21). The highest BCUT2D eigenvalue weighted by atomic mass is 19.2. The monoisotopic (exact) mass is 289 g/mol. The Hall–Kier alpha value is -2.23. The van der Waals surface area contributed by atoms with Gasteiger partial charge < -0.3 is 5.32 Å². The van der Waals surface area contributed by atoms with Gasteiger partial charge in [0.15, 0.2) is 11.6 Å². The van der Waals surface area contributed by atoms with Crippen LogP contribution in [0.4, 0.5) is 8.78 Å². The molecule has 0 aliphatic heterocycles. The van der Waals surface area contributed by atoms with Gasteiger partial charge in [-0.2, -0.15) is 0 Å². The van der Waals surface area contributed by atoms with Crippen molar-refractivity contribution in [3.8, 4) is 0 Å². The van der Waals surface area contributed by atoms with Gasteiger partial charge >= 0.3 is 0 Å². The Bertz CT molecular complexity index is 613. The van der Waals surface area contributed by atoms with Gasteiger partial charge in [-0.05, 0) is 36.6 Å². The molecule has 0 saturated carbocycles. The third-order valence-corrected chi connectivity index (χ3v) is 3.30. The highest BCUT2D eigenvalue weighted by Gasteiger charge is 2.12. The number of nitrogens with one attached hydrogen (secondary N) is 1. The highest BCUT2D eigenvalue weighted by molar-refractivity contribution is 5.76. The molecule has 0 saturated heterocycles. The summed E-state index contributed by atoms with van der Waals surface area (Å²) in [6.45, 7) is 1.74. The smallest absolute Gasteiger partial charge is 0.220 e. The second kappa shape index (κ2) is 6.97. The number of hydrogen-bond donors (Lipinski definition) is 1. The van der Waals surface area contributed by atoms with Crippen molar-refractivity contribution >= 4 is 5.91 Å². The van der Waals surface area contributed by atoms with Gasteiger partial charge in [0, 0.05) is 6.42 Å². The van der Waals surface area contributed by atoms with E-state index in [1.54, 1.807) is 6.92 Å². The first-order valence-electron chi connectivity index (χ1n) is 6.84. The van der Waals surface area contributed by atoms with E-state index in [0.29, 0.717) is 18.4 Å². The maximum atomic E-state index is 13.2. The first-order valence-corrected chi connectivity index (χ1v) is 6.84. The molecule has 0 aliphatic carbocycles. The topological polar surface area (TPSA) is 29.1 Å². The molecule has 1 amide bonds. The minimum Gasteiger partial charge on any atom is -0.350 e. The molecule has 1 N–H and O–H groups in total. The Morgan fingerprint density at radius 2 is 1.81 bits per heavy atom. The fraction of sp³-hybridized carbons (Fsp3) is 0.235. The van der Waals surface area contributed by atoms with Crippen LogP contribution in [0, 0.1) is 11.6 Å². The molecule has 0 bridgehead atoms. The normalized spacial score (nSPS) is 12.0. The first-order chi connectivity index (χ1) is 10.1. The van der Waals surface area contributed by atoms with Crippen molar-refractivity contribution < 1.29 is 13.6 Å². The summed E-state index contributed by atoms with van der Waals surface area (Å²) in [5.74, 6) is -1.91. The van der Waals surface area contributed by atoms with Crippen LogP contribution in [0.5, 0.6) is 0 Å². The average Bonchev–Trinajstić information content (AvgIpc) is 2.49. The number of aryl methyl sites for hydroxylation is 1. The molecule has 0 spiro atoms. The zero-order valence-corrected chi connectivity index (χ0v) is 11.8. The Morgan fingerprint density at radius 3 is 2.48 bits per heavy atom. The lowest BCUT2D eigenvalue weighted by molar-refractivity contribution is -0.121. The highest BCUT2D eigenvalue weighted by Crippen LogP contribution is 2.16. The Balaban J connectivity index is 1.88. The van der Waals surface area contributed by atoms with Crippen LogP contribution in [0.15, 0.2) is 48.5 Å². The van der Waals surface area contributed by atoms with Gasteiger partial charge in [-0.25, -0.2) is 8.78 Å². The summed E-state index contributed by atoms with van der Waals surface area (Å²) in [7, 11) is 0. The average molecular weight is 289 g/mol. The number of carbonyl (C=O) groups is 1. The number of carbonyl (C=O) groups excluding carboxylic acids is 1. The fourth-order valence-corrected chi connectivity index (χ4v) is 2.08. The van der Waals surface area contributed by atoms with Crippen LogP contribution in [-0.2, 0) is 11.2 Å². The summed E-state index contributed by atoms with van der Waals surface area (Å²) >= 11 is 0. The number of hydrogen-bond acceptors (Lipinski definition) is 1. The lowest BCUT2D eigenvalue weighted by atomic mass is 10.1. The third-order valence-electron chi connectivity index (χ3n) is 3.30. The van der Waals surface area contributed by atoms with Crippen LogP contribution in [0.2, 0.25) is 0 Å². The van der Waals surface area contributed by atoms with Gasteiger partial charge in [0.1, 0.15) is 0 Å². The van der Waals surface area contributed by atoms with Crippen molar-refractivity contribution in [3.63, 3.8) is 0 Å². The molecule has 1 atom stereocenters. The lowest BCUT2D eigenvalue weighted by Gasteiger charge is -2.14. The van der Waals surface area contributed by atoms with E-state index in [2.05, 4.69) is 5.32 Å². The minimum atomic E-state index is -0.905. The van der Waals surface area contributed by atoms with Gasteiger partial charge in [-0.15, -0.1) is 0 Å². The van der Waals surface area contributed by atoms with Crippen molar-refractivity contribution in [2.75, 3.05) is 0 Å². The van der Waals surface area contributed by atoms with Crippen molar-refractivity contribution in [1.82, 2.24) is 5.32 Å². The molecule has 2 aromatic rings. The zero-order valence-electron chi connectivity index (χ0n) is 11.8. The van der Waals surface area contributed by atoms with Gasteiger partial charge in [-0.3, -0.25) is 4.79 Å². The molecule has 2 nitrogen and oxygen atoms in total. The molecule has 2 aromatic carbocycles. The maximum absolute atomic E-state index is 13.2. The van der Waals surface area contributed by atoms with Crippen LogP contribution >= 0.6 is 0 Å². The fourth-order valence-electron chi connectivity index (χ4n) is 2.08. The van der Waals surface area contributed by atoms with Gasteiger partial charge in [0.2, 0.25) is 5.91 Å². The van der Waals surface area contributed by atoms with E-state index >= 15 is 0 Å². The molecule has 1 unspecified atom stereocenters. The van der Waals surface area contributed by atoms with Gasteiger partial charge in [0.25, 0.3) is 0 Å². The van der Waals surface area contributed by atoms with Crippen LogP contribution in [-0.4, -0.2) is 5.91 Å². The number of benzene rings is 2. The predicted octanol–water partition coefficient (Wildman–Crippen LogP) is 3.77. The van der Waals surface area contributed by atoms with Crippen molar-refractivity contribution in [1.29, 1.82) is 0 Å². The van der Waals surface area contributed by atoms with Crippen molar-refractivity contribution in [2.24, 2.45) is 0 Å². The van der Waals surface area contributed by atoms with E-state index < -0.39 is 11.6 Å². The zero-order chi connectivity index (χ0) is 15.2. The Labute approximate surface area is 122 Å². The van der Waals surface area contributed by atoms with Crippen molar-refractivity contribution in [3.05, 3.63) is 71.3 Å². The second-order valence-corrected chi connectivity index (χ2v) is 4.95. The van der Waals surface area contributed by atoms with E-state index in [4.69, 9.17) is 0 Å². The molecule has 0 fully saturated rings. The van der Waals surface area contributed by atoms with E-state index in [1.807, 2.05) is 30.3 Å². The minimum absolute atomic E-state index is 0.115. The van der Waals surface area contributed by atoms with Crippen LogP contribution < -0.4 is 5.32 Å². The SMILES string of the molecule is CC(NC(=O)CCc1ccccc1)c1ccc(F)c(F)c1. The number of amides is 1. The summed E-state index contributed by atoms with van der Waals surface area (Å²) in [4.78, 5) is 11.9. The molecule has 4 heteroatoms. The summed E-state index contributed by atoms with van der Waals surface area (Å²) in [5.41, 5.74) is 1.63. The van der Waals surface area contributed by atoms with Crippen molar-refractivity contribution in [2.45, 2.75) is 25.8 Å². The Morgan fingerprint density at radius 1 is 1.10 bits per heavy atom. The second-order valence-electron chi connectivity index (χ2n) is 4.95. The summed E-state index contributed by atoms with van der Waals surface area (Å²) in [6, 6.07) is 13.0. The number of halogens is 2. The first kappa shape index (κ1) is 15.2. The quantitative estimate of drug-likeness (QED) is 0.892.